The van der Waals surface area contributed by atoms with Crippen LogP contribution in [0.25, 0.3) is 10.4 Å². The van der Waals surface area contributed by atoms with Crippen LogP contribution in [0.15, 0.2) is 75.5 Å². The molecule has 0 bridgehead atoms. The molecule has 0 saturated carbocycles. The molecule has 2 heterocycles. The number of aromatic nitrogens is 2. The van der Waals surface area contributed by atoms with E-state index in [1.807, 2.05) is 0 Å². The lowest BCUT2D eigenvalue weighted by atomic mass is 10.1. The molecule has 3 aromatic rings. The van der Waals surface area contributed by atoms with E-state index in [0.717, 1.165) is 0 Å². The van der Waals surface area contributed by atoms with Gasteiger partial charge in [-0.2, -0.15) is 0 Å². The topological polar surface area (TPSA) is 178 Å². The van der Waals surface area contributed by atoms with Crippen LogP contribution >= 0.6 is 7.60 Å². The Hall–Kier alpha value is -3.86. The molecule has 0 spiro atoms. The van der Waals surface area contributed by atoms with Crippen LogP contribution in [0.2, 0.25) is 0 Å². The Morgan fingerprint density at radius 1 is 1.21 bits per heavy atom. The largest absolute Gasteiger partial charge is 0.497 e. The molecule has 1 fully saturated rings. The van der Waals surface area contributed by atoms with Gasteiger partial charge < -0.3 is 19.1 Å². The van der Waals surface area contributed by atoms with Gasteiger partial charge in [0.25, 0.3) is 5.56 Å². The van der Waals surface area contributed by atoms with Crippen molar-refractivity contribution in [3.63, 3.8) is 0 Å². The van der Waals surface area contributed by atoms with Crippen LogP contribution < -0.4 is 20.5 Å². The summed E-state index contributed by atoms with van der Waals surface area (Å²) in [4.78, 5) is 29.1. The fourth-order valence-electron chi connectivity index (χ4n) is 3.94. The predicted octanol–water partition coefficient (Wildman–Crippen LogP) is 3.80. The SMILES string of the molecule is COc1ccc(OP(=O)(OC[C@H]2O[C@@H](n3cc(C)c(=O)[nH]c3=O)C[C@@H]2N=[N+]=[N-])C(O)c2ccccc2)cc1. The summed E-state index contributed by atoms with van der Waals surface area (Å²) in [5.74, 6) is -0.936. The van der Waals surface area contributed by atoms with Crippen molar-refractivity contribution in [1.82, 2.24) is 9.55 Å². The number of benzene rings is 2. The van der Waals surface area contributed by atoms with Crippen LogP contribution in [0.4, 0.5) is 0 Å². The maximum Gasteiger partial charge on any atom is 0.412 e. The molecule has 0 amide bonds. The van der Waals surface area contributed by atoms with Crippen molar-refractivity contribution in [2.45, 2.75) is 37.6 Å². The number of nitrogens with zero attached hydrogens (tertiary/aromatic N) is 4. The molecule has 2 N–H and O–H groups in total. The Morgan fingerprint density at radius 3 is 2.55 bits per heavy atom. The molecule has 2 unspecified atom stereocenters. The van der Waals surface area contributed by atoms with E-state index in [4.69, 9.17) is 24.1 Å². The van der Waals surface area contributed by atoms with Crippen molar-refractivity contribution in [2.75, 3.05) is 13.7 Å². The molecular formula is C24H26N5O8P. The second-order valence-electron chi connectivity index (χ2n) is 8.50. The third-order valence-electron chi connectivity index (χ3n) is 5.97. The molecule has 200 valence electrons. The Labute approximate surface area is 216 Å². The van der Waals surface area contributed by atoms with E-state index in [1.54, 1.807) is 42.5 Å². The Kier molecular flexibility index (Phi) is 8.35. The van der Waals surface area contributed by atoms with Gasteiger partial charge in [-0.15, -0.1) is 0 Å². The summed E-state index contributed by atoms with van der Waals surface area (Å²) in [6.07, 6.45) is -0.387. The zero-order valence-corrected chi connectivity index (χ0v) is 21.4. The number of aryl methyl sites for hydroxylation is 1. The van der Waals surface area contributed by atoms with E-state index in [9.17, 15) is 19.3 Å². The van der Waals surface area contributed by atoms with Crippen LogP contribution in [0.5, 0.6) is 11.5 Å². The zero-order chi connectivity index (χ0) is 27.3. The molecule has 0 radical (unpaired) electrons. The average Bonchev–Trinajstić information content (AvgIpc) is 3.32. The number of rotatable bonds is 10. The first kappa shape index (κ1) is 27.2. The summed E-state index contributed by atoms with van der Waals surface area (Å²) < 4.78 is 37.6. The van der Waals surface area contributed by atoms with Gasteiger partial charge in [0.1, 0.15) is 17.7 Å². The van der Waals surface area contributed by atoms with Crippen molar-refractivity contribution in [3.05, 3.63) is 103 Å². The second kappa shape index (κ2) is 11.7. The molecule has 4 rings (SSSR count). The highest BCUT2D eigenvalue weighted by atomic mass is 31.2. The molecule has 14 heteroatoms. The van der Waals surface area contributed by atoms with E-state index in [-0.39, 0.29) is 17.7 Å². The van der Waals surface area contributed by atoms with Crippen LogP contribution in [-0.2, 0) is 13.8 Å². The summed E-state index contributed by atoms with van der Waals surface area (Å²) in [6, 6.07) is 13.7. The molecule has 5 atom stereocenters. The van der Waals surface area contributed by atoms with Gasteiger partial charge in [-0.25, -0.2) is 9.36 Å². The normalized spacial score (nSPS) is 21.2. The third-order valence-corrected chi connectivity index (χ3v) is 7.84. The van der Waals surface area contributed by atoms with E-state index >= 15 is 0 Å². The minimum atomic E-state index is -4.31. The Bertz CT molecular complexity index is 1470. The van der Waals surface area contributed by atoms with Crippen LogP contribution in [0.3, 0.4) is 0 Å². The van der Waals surface area contributed by atoms with Gasteiger partial charge in [0.15, 0.2) is 5.85 Å². The number of azide groups is 1. The Morgan fingerprint density at radius 2 is 1.89 bits per heavy atom. The quantitative estimate of drug-likeness (QED) is 0.168. The standard InChI is InChI=1S/C24H26N5O8P/c1-15-13-29(24(32)26-22(15)30)21-12-19(27-28-25)20(36-21)14-35-38(33,23(31)16-6-4-3-5-7-16)37-18-10-8-17(34-2)9-11-18/h3-11,13,19-21,23,31H,12,14H2,1-2H3,(H,26,30,32)/t19-,20+,21+,23?,38?/m0/s1. The average molecular weight is 543 g/mol. The lowest BCUT2D eigenvalue weighted by Gasteiger charge is -2.26. The molecule has 13 nitrogen and oxygen atoms in total. The van der Waals surface area contributed by atoms with Gasteiger partial charge in [-0.05, 0) is 42.3 Å². The third kappa shape index (κ3) is 5.99. The van der Waals surface area contributed by atoms with Gasteiger partial charge in [-0.3, -0.25) is 18.9 Å². The lowest BCUT2D eigenvalue weighted by molar-refractivity contribution is -0.0252. The van der Waals surface area contributed by atoms with Crippen molar-refractivity contribution in [3.8, 4) is 11.5 Å². The maximum atomic E-state index is 14.0. The molecule has 1 saturated heterocycles. The molecule has 1 aliphatic heterocycles. The fourth-order valence-corrected chi connectivity index (χ4v) is 5.54. The van der Waals surface area contributed by atoms with Crippen molar-refractivity contribution < 1.29 is 28.2 Å². The number of aromatic amines is 1. The van der Waals surface area contributed by atoms with E-state index < -0.39 is 49.7 Å². The highest BCUT2D eigenvalue weighted by Crippen LogP contribution is 2.59. The number of nitrogens with one attached hydrogen (secondary N) is 1. The molecular weight excluding hydrogens is 517 g/mol. The summed E-state index contributed by atoms with van der Waals surface area (Å²) in [7, 11) is -2.81. The zero-order valence-electron chi connectivity index (χ0n) is 20.5. The number of H-pyrrole nitrogens is 1. The van der Waals surface area contributed by atoms with Crippen molar-refractivity contribution in [1.29, 1.82) is 0 Å². The van der Waals surface area contributed by atoms with Gasteiger partial charge in [0, 0.05) is 23.1 Å². The number of hydrogen-bond donors (Lipinski definition) is 2. The number of aliphatic hydroxyl groups is 1. The van der Waals surface area contributed by atoms with Crippen LogP contribution in [-0.4, -0.2) is 40.5 Å². The first-order valence-electron chi connectivity index (χ1n) is 11.6. The van der Waals surface area contributed by atoms with E-state index in [0.29, 0.717) is 11.3 Å². The maximum absolute atomic E-state index is 14.0. The highest BCUT2D eigenvalue weighted by molar-refractivity contribution is 7.54. The summed E-state index contributed by atoms with van der Waals surface area (Å²) in [5, 5.41) is 14.8. The van der Waals surface area contributed by atoms with E-state index in [2.05, 4.69) is 15.0 Å². The predicted molar refractivity (Wildman–Crippen MR) is 136 cm³/mol. The minimum absolute atomic E-state index is 0.0916. The van der Waals surface area contributed by atoms with Crippen molar-refractivity contribution in [2.24, 2.45) is 5.11 Å². The van der Waals surface area contributed by atoms with Gasteiger partial charge in [0.2, 0.25) is 0 Å². The van der Waals surface area contributed by atoms with E-state index in [1.165, 1.54) is 36.9 Å². The molecule has 0 aliphatic carbocycles. The monoisotopic (exact) mass is 543 g/mol. The summed E-state index contributed by atoms with van der Waals surface area (Å²) >= 11 is 0. The minimum Gasteiger partial charge on any atom is -0.497 e. The van der Waals surface area contributed by atoms with Crippen LogP contribution in [0.1, 0.15) is 29.6 Å². The van der Waals surface area contributed by atoms with Gasteiger partial charge >= 0.3 is 13.3 Å². The second-order valence-corrected chi connectivity index (χ2v) is 10.5. The highest BCUT2D eigenvalue weighted by Gasteiger charge is 2.42. The van der Waals surface area contributed by atoms with Gasteiger partial charge in [0.05, 0.1) is 25.9 Å². The number of ether oxygens (including phenoxy) is 2. The summed E-state index contributed by atoms with van der Waals surface area (Å²) in [5.41, 5.74) is 8.43. The van der Waals surface area contributed by atoms with Gasteiger partial charge in [-0.1, -0.05) is 35.4 Å². The number of hydrogen-bond acceptors (Lipinski definition) is 9. The fraction of sp³-hybridized carbons (Fsp3) is 0.333. The summed E-state index contributed by atoms with van der Waals surface area (Å²) in [6.45, 7) is 1.14. The smallest absolute Gasteiger partial charge is 0.412 e. The van der Waals surface area contributed by atoms with Crippen molar-refractivity contribution >= 4 is 7.60 Å². The Balaban J connectivity index is 1.59. The molecule has 2 aromatic carbocycles. The lowest BCUT2D eigenvalue weighted by Crippen LogP contribution is -2.33. The van der Waals surface area contributed by atoms with Crippen LogP contribution in [0, 0.1) is 6.92 Å². The first-order valence-corrected chi connectivity index (χ1v) is 13.2. The number of aliphatic hydroxyl groups excluding tert-OH is 1. The molecule has 1 aromatic heterocycles. The number of methoxy groups -OCH3 is 1. The molecule has 38 heavy (non-hydrogen) atoms. The first-order chi connectivity index (χ1) is 18.2. The molecule has 1 aliphatic rings.